The number of fused-ring (bicyclic) bond motifs is 8. The standard InChI is InChI=1S/C21H22N6OS.C18H15N5O2S/c1-3-27(2)21(28)12-4-5-15-17(7-12)29-20-18(15)19(24-11-25-20)26-14-6-13-8-22-10-16(13)23-9-14;24-18(25)9-1-2-12-14(4-9)26-17-15(12)16(21-8-22-17)23-11-3-10-5-19-7-13(10)20-6-11/h6,8-9,11-12H,3-5,7,10H2,1-2H3,(H,24,25,26);3,5-6,8-9H,1-2,4,7H2,(H,24,25)(H,21,22,23)/t12-;9-/m00/s1. The molecule has 0 bridgehead atoms. The number of aryl methyl sites for hydroxylation is 2. The van der Waals surface area contributed by atoms with Crippen molar-refractivity contribution >= 4 is 90.4 Å². The Labute approximate surface area is 324 Å². The molecule has 0 radical (unpaired) electrons. The molecule has 1 amide bonds. The number of hydrogen-bond donors (Lipinski definition) is 3. The highest BCUT2D eigenvalue weighted by Crippen LogP contribution is 2.42. The SMILES string of the molecule is CCN(C)C(=O)[C@H]1CCc2c(sc3ncnc(Nc4cnc5c(c4)C=NC5)c23)C1.O=C(O)[C@H]1CCc2c(sc3ncnc(Nc4cnc5c(c4)C=NC5)c23)C1. The second kappa shape index (κ2) is 14.5. The lowest BCUT2D eigenvalue weighted by atomic mass is 9.87. The van der Waals surface area contributed by atoms with Crippen LogP contribution in [0, 0.1) is 11.8 Å². The third-order valence-corrected chi connectivity index (χ3v) is 13.0. The summed E-state index contributed by atoms with van der Waals surface area (Å²) < 4.78 is 0. The van der Waals surface area contributed by atoms with Crippen molar-refractivity contribution in [2.24, 2.45) is 21.8 Å². The molecule has 4 aliphatic rings. The largest absolute Gasteiger partial charge is 0.481 e. The van der Waals surface area contributed by atoms with Gasteiger partial charge >= 0.3 is 5.97 Å². The second-order valence-electron chi connectivity index (χ2n) is 14.1. The second-order valence-corrected chi connectivity index (χ2v) is 16.3. The summed E-state index contributed by atoms with van der Waals surface area (Å²) in [5.74, 6) is 0.831. The Morgan fingerprint density at radius 2 is 1.27 bits per heavy atom. The van der Waals surface area contributed by atoms with E-state index >= 15 is 0 Å². The topological polar surface area (TPSA) is 184 Å². The van der Waals surface area contributed by atoms with Crippen molar-refractivity contribution in [2.75, 3.05) is 24.2 Å². The predicted molar refractivity (Wildman–Crippen MR) is 214 cm³/mol. The van der Waals surface area contributed by atoms with Crippen LogP contribution in [0.5, 0.6) is 0 Å². The van der Waals surface area contributed by atoms with Crippen LogP contribution in [0.15, 0.2) is 47.2 Å². The van der Waals surface area contributed by atoms with Gasteiger partial charge in [-0.2, -0.15) is 0 Å². The highest BCUT2D eigenvalue weighted by atomic mass is 32.1. The number of anilines is 4. The first kappa shape index (κ1) is 35.0. The lowest BCUT2D eigenvalue weighted by Crippen LogP contribution is -2.35. The van der Waals surface area contributed by atoms with Crippen LogP contribution in [0.1, 0.15) is 63.2 Å². The van der Waals surface area contributed by atoms with Crippen molar-refractivity contribution < 1.29 is 14.7 Å². The number of thiophene rings is 2. The molecule has 3 N–H and O–H groups in total. The summed E-state index contributed by atoms with van der Waals surface area (Å²) in [6.45, 7) is 4.04. The monoisotopic (exact) mass is 771 g/mol. The van der Waals surface area contributed by atoms with Gasteiger partial charge in [-0.15, -0.1) is 22.7 Å². The fourth-order valence-corrected chi connectivity index (χ4v) is 10.2. The van der Waals surface area contributed by atoms with Gasteiger partial charge in [0.25, 0.3) is 0 Å². The van der Waals surface area contributed by atoms with E-state index < -0.39 is 5.97 Å². The Balaban J connectivity index is 0.000000145. The highest BCUT2D eigenvalue weighted by molar-refractivity contribution is 7.19. The van der Waals surface area contributed by atoms with Gasteiger partial charge in [-0.05, 0) is 68.7 Å². The van der Waals surface area contributed by atoms with Crippen LogP contribution < -0.4 is 10.6 Å². The van der Waals surface area contributed by atoms with E-state index in [1.54, 1.807) is 41.5 Å². The summed E-state index contributed by atoms with van der Waals surface area (Å²) >= 11 is 3.26. The number of pyridine rings is 2. The molecule has 16 heteroatoms. The number of carboxylic acid groups (broad SMARTS) is 1. The predicted octanol–water partition coefficient (Wildman–Crippen LogP) is 6.30. The number of amides is 1. The summed E-state index contributed by atoms with van der Waals surface area (Å²) in [5, 5.41) is 18.2. The minimum atomic E-state index is -0.719. The molecule has 6 aromatic rings. The van der Waals surface area contributed by atoms with Crippen molar-refractivity contribution in [3.63, 3.8) is 0 Å². The Bertz CT molecular complexity index is 2560. The molecule has 10 rings (SSSR count). The Morgan fingerprint density at radius 1 is 0.764 bits per heavy atom. The van der Waals surface area contributed by atoms with Crippen LogP contribution in [-0.2, 0) is 48.4 Å². The van der Waals surface area contributed by atoms with Crippen LogP contribution in [0.4, 0.5) is 23.0 Å². The molecule has 0 aromatic carbocycles. The summed E-state index contributed by atoms with van der Waals surface area (Å²) in [7, 11) is 1.88. The molecule has 0 saturated carbocycles. The molecule has 0 saturated heterocycles. The molecule has 2 aliphatic heterocycles. The van der Waals surface area contributed by atoms with Gasteiger partial charge in [-0.25, -0.2) is 19.9 Å². The quantitative estimate of drug-likeness (QED) is 0.166. The highest BCUT2D eigenvalue weighted by Gasteiger charge is 2.31. The summed E-state index contributed by atoms with van der Waals surface area (Å²) in [6, 6.07) is 4.08. The first-order valence-electron chi connectivity index (χ1n) is 18.3. The molecule has 2 aliphatic carbocycles. The van der Waals surface area contributed by atoms with E-state index in [2.05, 4.69) is 56.6 Å². The smallest absolute Gasteiger partial charge is 0.306 e. The molecule has 0 fully saturated rings. The van der Waals surface area contributed by atoms with Gasteiger partial charge < -0.3 is 20.6 Å². The van der Waals surface area contributed by atoms with E-state index in [1.165, 1.54) is 16.0 Å². The fourth-order valence-electron chi connectivity index (χ4n) is 7.68. The number of aliphatic imine (C=N–C) groups is 2. The zero-order chi connectivity index (χ0) is 37.6. The number of carbonyl (C=O) groups excluding carboxylic acids is 1. The third-order valence-electron chi connectivity index (χ3n) is 10.7. The van der Waals surface area contributed by atoms with Gasteiger partial charge in [0, 0.05) is 52.8 Å². The maximum atomic E-state index is 12.6. The zero-order valence-electron chi connectivity index (χ0n) is 30.2. The molecule has 2 atom stereocenters. The van der Waals surface area contributed by atoms with E-state index in [0.29, 0.717) is 25.9 Å². The zero-order valence-corrected chi connectivity index (χ0v) is 31.9. The van der Waals surface area contributed by atoms with E-state index in [1.807, 2.05) is 43.6 Å². The van der Waals surface area contributed by atoms with Crippen LogP contribution in [0.25, 0.3) is 20.4 Å². The minimum Gasteiger partial charge on any atom is -0.481 e. The Kier molecular flexibility index (Phi) is 9.22. The van der Waals surface area contributed by atoms with Crippen molar-refractivity contribution in [1.29, 1.82) is 0 Å². The number of nitrogens with one attached hydrogen (secondary N) is 2. The third kappa shape index (κ3) is 6.69. The maximum Gasteiger partial charge on any atom is 0.306 e. The number of rotatable bonds is 7. The van der Waals surface area contributed by atoms with Crippen LogP contribution in [-0.4, -0.2) is 77.8 Å². The number of nitrogens with zero attached hydrogens (tertiary/aromatic N) is 9. The molecule has 0 spiro atoms. The summed E-state index contributed by atoms with van der Waals surface area (Å²) in [5.41, 5.74) is 8.28. The van der Waals surface area contributed by atoms with Crippen molar-refractivity contribution in [2.45, 2.75) is 58.5 Å². The summed E-state index contributed by atoms with van der Waals surface area (Å²) in [4.78, 5) is 65.3. The average Bonchev–Trinajstić information content (AvgIpc) is 4.01. The van der Waals surface area contributed by atoms with Gasteiger partial charge in [-0.3, -0.25) is 29.5 Å². The average molecular weight is 772 g/mol. The normalized spacial score (nSPS) is 17.6. The van der Waals surface area contributed by atoms with E-state index in [-0.39, 0.29) is 17.7 Å². The molecule has 0 unspecified atom stereocenters. The van der Waals surface area contributed by atoms with E-state index in [9.17, 15) is 14.7 Å². The number of carbonyl (C=O) groups is 2. The lowest BCUT2D eigenvalue weighted by molar-refractivity contribution is -0.142. The van der Waals surface area contributed by atoms with Gasteiger partial charge in [0.2, 0.25) is 5.91 Å². The fraction of sp³-hybridized carbons (Fsp3) is 0.333. The molecule has 14 nitrogen and oxygen atoms in total. The van der Waals surface area contributed by atoms with Crippen LogP contribution in [0.2, 0.25) is 0 Å². The van der Waals surface area contributed by atoms with Crippen molar-refractivity contribution in [3.05, 3.63) is 80.6 Å². The summed E-state index contributed by atoms with van der Waals surface area (Å²) in [6.07, 6.45) is 15.0. The minimum absolute atomic E-state index is 0.0603. The van der Waals surface area contributed by atoms with Crippen LogP contribution >= 0.6 is 22.7 Å². The molecule has 6 aromatic heterocycles. The number of aliphatic carboxylic acids is 1. The molecule has 8 heterocycles. The van der Waals surface area contributed by atoms with Crippen molar-refractivity contribution in [1.82, 2.24) is 34.8 Å². The maximum absolute atomic E-state index is 12.6. The molecule has 55 heavy (non-hydrogen) atoms. The number of carboxylic acids is 1. The Hall–Kier alpha value is -5.74. The first-order chi connectivity index (χ1) is 26.8. The molecular weight excluding hydrogens is 735 g/mol. The first-order valence-corrected chi connectivity index (χ1v) is 20.0. The van der Waals surface area contributed by atoms with E-state index in [0.717, 1.165) is 103 Å². The number of hydrogen-bond acceptors (Lipinski definition) is 14. The van der Waals surface area contributed by atoms with Gasteiger partial charge in [-0.1, -0.05) is 0 Å². The Morgan fingerprint density at radius 3 is 1.78 bits per heavy atom. The van der Waals surface area contributed by atoms with Gasteiger partial charge in [0.05, 0.1) is 64.9 Å². The lowest BCUT2D eigenvalue weighted by Gasteiger charge is -2.26. The molecule has 278 valence electrons. The van der Waals surface area contributed by atoms with Crippen molar-refractivity contribution in [3.8, 4) is 0 Å². The van der Waals surface area contributed by atoms with E-state index in [4.69, 9.17) is 0 Å². The van der Waals surface area contributed by atoms with Crippen LogP contribution in [0.3, 0.4) is 0 Å². The van der Waals surface area contributed by atoms with Gasteiger partial charge in [0.1, 0.15) is 34.0 Å². The number of aromatic nitrogens is 6. The molecular formula is C39H37N11O3S2. The van der Waals surface area contributed by atoms with Gasteiger partial charge in [0.15, 0.2) is 0 Å².